The van der Waals surface area contributed by atoms with E-state index in [9.17, 15) is 21.2 Å². The van der Waals surface area contributed by atoms with Crippen LogP contribution in [0.1, 0.15) is 37.7 Å². The van der Waals surface area contributed by atoms with Crippen molar-refractivity contribution in [1.29, 1.82) is 0 Å². The average Bonchev–Trinajstić information content (AvgIpc) is 2.62. The normalized spacial score (nSPS) is 22.0. The van der Waals surface area contributed by atoms with E-state index in [1.165, 1.54) is 6.26 Å². The molecule has 1 aromatic rings. The molecule has 0 aliphatic heterocycles. The average molecular weight is 418 g/mol. The second-order valence-corrected chi connectivity index (χ2v) is 11.7. The van der Waals surface area contributed by atoms with Crippen molar-refractivity contribution in [3.05, 3.63) is 41.7 Å². The topological polar surface area (TPSA) is 94.3 Å². The SMILES string of the molecule is CS(=O)(=O)C1CCC(CS(=O)(=O)c2ccc(CC/C(=C/F)CN)cc2)CC1. The Morgan fingerprint density at radius 3 is 2.19 bits per heavy atom. The highest BCUT2D eigenvalue weighted by molar-refractivity contribution is 7.91. The first kappa shape index (κ1) is 22.0. The molecule has 1 saturated carbocycles. The van der Waals surface area contributed by atoms with Gasteiger partial charge in [-0.05, 0) is 67.7 Å². The quantitative estimate of drug-likeness (QED) is 0.702. The molecule has 0 bridgehead atoms. The molecule has 0 atom stereocenters. The zero-order valence-corrected chi connectivity index (χ0v) is 17.2. The molecule has 1 aliphatic carbocycles. The highest BCUT2D eigenvalue weighted by atomic mass is 32.2. The molecule has 8 heteroatoms. The summed E-state index contributed by atoms with van der Waals surface area (Å²) >= 11 is 0. The van der Waals surface area contributed by atoms with E-state index in [0.717, 1.165) is 5.56 Å². The van der Waals surface area contributed by atoms with E-state index in [1.807, 2.05) is 0 Å². The van der Waals surface area contributed by atoms with Crippen LogP contribution < -0.4 is 5.73 Å². The first-order chi connectivity index (χ1) is 12.7. The van der Waals surface area contributed by atoms with E-state index in [0.29, 0.717) is 50.4 Å². The number of sulfone groups is 2. The van der Waals surface area contributed by atoms with Crippen molar-refractivity contribution in [2.75, 3.05) is 18.6 Å². The van der Waals surface area contributed by atoms with Gasteiger partial charge in [-0.25, -0.2) is 21.2 Å². The molecule has 0 saturated heterocycles. The molecule has 1 fully saturated rings. The van der Waals surface area contributed by atoms with Gasteiger partial charge in [-0.2, -0.15) is 0 Å². The van der Waals surface area contributed by atoms with Crippen LogP contribution in [-0.4, -0.2) is 40.6 Å². The van der Waals surface area contributed by atoms with Gasteiger partial charge < -0.3 is 5.73 Å². The maximum absolute atomic E-state index is 12.7. The number of nitrogens with two attached hydrogens (primary N) is 1. The van der Waals surface area contributed by atoms with E-state index in [2.05, 4.69) is 0 Å². The first-order valence-electron chi connectivity index (χ1n) is 9.14. The lowest BCUT2D eigenvalue weighted by molar-refractivity contribution is 0.383. The first-order valence-corrected chi connectivity index (χ1v) is 12.7. The molecule has 5 nitrogen and oxygen atoms in total. The largest absolute Gasteiger partial charge is 0.327 e. The Bertz CT molecular complexity index is 853. The summed E-state index contributed by atoms with van der Waals surface area (Å²) in [5, 5.41) is -0.340. The van der Waals surface area contributed by atoms with Crippen molar-refractivity contribution >= 4 is 19.7 Å². The lowest BCUT2D eigenvalue weighted by atomic mass is 9.90. The van der Waals surface area contributed by atoms with Gasteiger partial charge in [-0.15, -0.1) is 0 Å². The van der Waals surface area contributed by atoms with E-state index >= 15 is 0 Å². The van der Waals surface area contributed by atoms with E-state index in [1.54, 1.807) is 24.3 Å². The summed E-state index contributed by atoms with van der Waals surface area (Å²) in [6.45, 7) is 0.171. The summed E-state index contributed by atoms with van der Waals surface area (Å²) in [4.78, 5) is 0.275. The Kier molecular flexibility index (Phi) is 7.59. The molecule has 0 spiro atoms. The molecule has 0 heterocycles. The van der Waals surface area contributed by atoms with Crippen LogP contribution in [0.4, 0.5) is 4.39 Å². The summed E-state index contributed by atoms with van der Waals surface area (Å²) < 4.78 is 61.1. The van der Waals surface area contributed by atoms with Crippen LogP contribution in [0, 0.1) is 5.92 Å². The van der Waals surface area contributed by atoms with Crippen molar-refractivity contribution in [2.45, 2.75) is 48.7 Å². The van der Waals surface area contributed by atoms with Gasteiger partial charge in [-0.1, -0.05) is 12.1 Å². The fourth-order valence-corrected chi connectivity index (χ4v) is 6.33. The van der Waals surface area contributed by atoms with Crippen molar-refractivity contribution in [3.8, 4) is 0 Å². The van der Waals surface area contributed by atoms with Crippen LogP contribution in [-0.2, 0) is 26.1 Å². The molecule has 1 aromatic carbocycles. The molecule has 0 radical (unpaired) electrons. The fourth-order valence-electron chi connectivity index (χ4n) is 3.50. The van der Waals surface area contributed by atoms with E-state index < -0.39 is 19.7 Å². The van der Waals surface area contributed by atoms with Crippen LogP contribution >= 0.6 is 0 Å². The Hall–Kier alpha value is -1.25. The van der Waals surface area contributed by atoms with E-state index in [4.69, 9.17) is 5.73 Å². The molecule has 2 rings (SSSR count). The predicted molar refractivity (Wildman–Crippen MR) is 106 cm³/mol. The summed E-state index contributed by atoms with van der Waals surface area (Å²) in [6.07, 6.45) is 5.17. The minimum absolute atomic E-state index is 0.00511. The van der Waals surface area contributed by atoms with Gasteiger partial charge in [0.1, 0.15) is 9.84 Å². The zero-order chi connectivity index (χ0) is 20.1. The molecule has 0 amide bonds. The van der Waals surface area contributed by atoms with Crippen molar-refractivity contribution in [1.82, 2.24) is 0 Å². The third kappa shape index (κ3) is 6.40. The Morgan fingerprint density at radius 2 is 1.70 bits per heavy atom. The zero-order valence-electron chi connectivity index (χ0n) is 15.6. The number of aryl methyl sites for hydroxylation is 1. The molecule has 0 aromatic heterocycles. The van der Waals surface area contributed by atoms with Gasteiger partial charge in [0.25, 0.3) is 0 Å². The minimum Gasteiger partial charge on any atom is -0.327 e. The Labute approximate surface area is 161 Å². The van der Waals surface area contributed by atoms with Gasteiger partial charge in [0.15, 0.2) is 9.84 Å². The monoisotopic (exact) mass is 417 g/mol. The number of hydrogen-bond acceptors (Lipinski definition) is 5. The fraction of sp³-hybridized carbons (Fsp3) is 0.579. The molecular weight excluding hydrogens is 389 g/mol. The van der Waals surface area contributed by atoms with Crippen molar-refractivity contribution in [2.24, 2.45) is 11.7 Å². The number of hydrogen-bond donors (Lipinski definition) is 1. The summed E-state index contributed by atoms with van der Waals surface area (Å²) in [5.74, 6) is 0.0413. The smallest absolute Gasteiger partial charge is 0.178 e. The van der Waals surface area contributed by atoms with Gasteiger partial charge in [0.05, 0.1) is 22.2 Å². The third-order valence-corrected chi connectivity index (χ3v) is 8.87. The maximum Gasteiger partial charge on any atom is 0.178 e. The maximum atomic E-state index is 12.7. The lowest BCUT2D eigenvalue weighted by Crippen LogP contribution is -2.29. The Balaban J connectivity index is 1.95. The second kappa shape index (κ2) is 9.30. The second-order valence-electron chi connectivity index (χ2n) is 7.37. The number of benzene rings is 1. The minimum atomic E-state index is -3.41. The number of halogens is 1. The summed E-state index contributed by atoms with van der Waals surface area (Å²) in [5.41, 5.74) is 6.88. The summed E-state index contributed by atoms with van der Waals surface area (Å²) in [7, 11) is -6.46. The molecule has 27 heavy (non-hydrogen) atoms. The van der Waals surface area contributed by atoms with Crippen molar-refractivity contribution < 1.29 is 21.2 Å². The van der Waals surface area contributed by atoms with Crippen LogP contribution in [0.5, 0.6) is 0 Å². The van der Waals surface area contributed by atoms with Gasteiger partial charge >= 0.3 is 0 Å². The highest BCUT2D eigenvalue weighted by Gasteiger charge is 2.30. The van der Waals surface area contributed by atoms with Crippen LogP contribution in [0.25, 0.3) is 0 Å². The third-order valence-electron chi connectivity index (χ3n) is 5.29. The molecular formula is C19H28FNO4S2. The molecule has 152 valence electrons. The van der Waals surface area contributed by atoms with Gasteiger partial charge in [-0.3, -0.25) is 0 Å². The van der Waals surface area contributed by atoms with Gasteiger partial charge in [0, 0.05) is 12.8 Å². The molecule has 0 unspecified atom stereocenters. The van der Waals surface area contributed by atoms with Crippen LogP contribution in [0.2, 0.25) is 0 Å². The molecule has 2 N–H and O–H groups in total. The standard InChI is InChI=1S/C19H28FNO4S2/c1-26(22,23)18-8-6-16(7-9-18)14-27(24,25)19-10-4-15(5-11-19)2-3-17(12-20)13-21/h4-5,10-12,16,18H,2-3,6-9,13-14,21H2,1H3/b17-12-. The van der Waals surface area contributed by atoms with E-state index in [-0.39, 0.29) is 28.4 Å². The van der Waals surface area contributed by atoms with Crippen LogP contribution in [0.15, 0.2) is 41.1 Å². The van der Waals surface area contributed by atoms with Crippen molar-refractivity contribution in [3.63, 3.8) is 0 Å². The lowest BCUT2D eigenvalue weighted by Gasteiger charge is -2.27. The highest BCUT2D eigenvalue weighted by Crippen LogP contribution is 2.30. The molecule has 1 aliphatic rings. The number of rotatable bonds is 8. The summed E-state index contributed by atoms with van der Waals surface area (Å²) in [6, 6.07) is 6.68. The predicted octanol–water partition coefficient (Wildman–Crippen LogP) is 2.81. The van der Waals surface area contributed by atoms with Crippen LogP contribution in [0.3, 0.4) is 0 Å². The Morgan fingerprint density at radius 1 is 1.11 bits per heavy atom. The van der Waals surface area contributed by atoms with Gasteiger partial charge in [0.2, 0.25) is 0 Å².